The highest BCUT2D eigenvalue weighted by Crippen LogP contribution is 2.29. The van der Waals surface area contributed by atoms with Gasteiger partial charge in [-0.2, -0.15) is 0 Å². The molecule has 2 aromatic rings. The number of hydrogen-bond acceptors (Lipinski definition) is 2. The van der Waals surface area contributed by atoms with Crippen molar-refractivity contribution in [1.29, 1.82) is 0 Å². The van der Waals surface area contributed by atoms with E-state index < -0.39 is 6.10 Å². The second-order valence-corrected chi connectivity index (χ2v) is 6.10. The number of benzene rings is 2. The number of halogens is 2. The van der Waals surface area contributed by atoms with E-state index in [4.69, 9.17) is 4.74 Å². The van der Waals surface area contributed by atoms with Crippen molar-refractivity contribution in [1.82, 2.24) is 0 Å². The largest absolute Gasteiger partial charge is 0.488 e. The lowest BCUT2D eigenvalue weighted by atomic mass is 10.1. The van der Waals surface area contributed by atoms with Gasteiger partial charge in [0.15, 0.2) is 0 Å². The molecule has 0 spiro atoms. The van der Waals surface area contributed by atoms with Crippen LogP contribution >= 0.6 is 31.9 Å². The Morgan fingerprint density at radius 1 is 1.05 bits per heavy atom. The number of aliphatic hydroxyl groups excluding tert-OH is 1. The van der Waals surface area contributed by atoms with Gasteiger partial charge < -0.3 is 9.84 Å². The minimum atomic E-state index is -0.548. The van der Waals surface area contributed by atoms with E-state index in [1.807, 2.05) is 42.5 Å². The molecule has 1 atom stereocenters. The molecule has 0 fully saturated rings. The number of aliphatic hydroxyl groups is 1. The maximum absolute atomic E-state index is 9.73. The zero-order valence-corrected chi connectivity index (χ0v) is 13.6. The van der Waals surface area contributed by atoms with Crippen molar-refractivity contribution in [2.75, 3.05) is 0 Å². The van der Waals surface area contributed by atoms with Crippen LogP contribution < -0.4 is 4.74 Å². The Hall–Kier alpha value is -0.840. The summed E-state index contributed by atoms with van der Waals surface area (Å²) >= 11 is 6.81. The third-order valence-electron chi connectivity index (χ3n) is 2.73. The zero-order chi connectivity index (χ0) is 13.8. The van der Waals surface area contributed by atoms with Gasteiger partial charge in [-0.3, -0.25) is 0 Å². The lowest BCUT2D eigenvalue weighted by molar-refractivity contribution is 0.190. The maximum atomic E-state index is 9.73. The molecule has 0 aromatic heterocycles. The van der Waals surface area contributed by atoms with Crippen LogP contribution in [-0.2, 0) is 6.61 Å². The third kappa shape index (κ3) is 4.06. The average Bonchev–Trinajstić information content (AvgIpc) is 2.38. The molecule has 0 bridgehead atoms. The fraction of sp³-hybridized carbons (Fsp3) is 0.200. The first-order valence-corrected chi connectivity index (χ1v) is 7.49. The molecule has 1 N–H and O–H groups in total. The molecule has 0 aliphatic heterocycles. The van der Waals surface area contributed by atoms with Gasteiger partial charge in [0.1, 0.15) is 12.4 Å². The van der Waals surface area contributed by atoms with E-state index >= 15 is 0 Å². The Balaban J connectivity index is 2.14. The van der Waals surface area contributed by atoms with Gasteiger partial charge in [0.2, 0.25) is 0 Å². The summed E-state index contributed by atoms with van der Waals surface area (Å²) in [4.78, 5) is 0. The molecule has 4 heteroatoms. The van der Waals surface area contributed by atoms with Crippen LogP contribution in [0.5, 0.6) is 5.75 Å². The van der Waals surface area contributed by atoms with Gasteiger partial charge in [-0.1, -0.05) is 50.1 Å². The summed E-state index contributed by atoms with van der Waals surface area (Å²) in [5.41, 5.74) is 1.88. The molecule has 2 nitrogen and oxygen atoms in total. The molecule has 2 aromatic carbocycles. The van der Waals surface area contributed by atoms with Gasteiger partial charge >= 0.3 is 0 Å². The van der Waals surface area contributed by atoms with Crippen molar-refractivity contribution in [3.8, 4) is 5.75 Å². The van der Waals surface area contributed by atoms with E-state index in [9.17, 15) is 5.11 Å². The standard InChI is InChI=1S/C15H14Br2O2/c1-10(18)14-7-6-13(17)8-15(14)19-9-11-2-4-12(16)5-3-11/h2-8,10,18H,9H2,1H3. The van der Waals surface area contributed by atoms with Gasteiger partial charge in [-0.15, -0.1) is 0 Å². The molecule has 0 amide bonds. The third-order valence-corrected chi connectivity index (χ3v) is 3.76. The zero-order valence-electron chi connectivity index (χ0n) is 10.4. The summed E-state index contributed by atoms with van der Waals surface area (Å²) in [5, 5.41) is 9.73. The van der Waals surface area contributed by atoms with Gasteiger partial charge in [-0.05, 0) is 36.8 Å². The van der Waals surface area contributed by atoms with Gasteiger partial charge in [-0.25, -0.2) is 0 Å². The molecule has 0 heterocycles. The Morgan fingerprint density at radius 2 is 1.68 bits per heavy atom. The summed E-state index contributed by atoms with van der Waals surface area (Å²) in [7, 11) is 0. The van der Waals surface area contributed by atoms with Crippen molar-refractivity contribution in [2.45, 2.75) is 19.6 Å². The summed E-state index contributed by atoms with van der Waals surface area (Å²) in [6.07, 6.45) is -0.548. The maximum Gasteiger partial charge on any atom is 0.126 e. The molecule has 0 aliphatic carbocycles. The van der Waals surface area contributed by atoms with Crippen LogP contribution in [0.1, 0.15) is 24.2 Å². The van der Waals surface area contributed by atoms with Crippen molar-refractivity contribution < 1.29 is 9.84 Å². The van der Waals surface area contributed by atoms with E-state index in [1.165, 1.54) is 0 Å². The predicted octanol–water partition coefficient (Wildman–Crippen LogP) is 4.84. The average molecular weight is 386 g/mol. The van der Waals surface area contributed by atoms with Gasteiger partial charge in [0.05, 0.1) is 6.10 Å². The van der Waals surface area contributed by atoms with Gasteiger partial charge in [0, 0.05) is 14.5 Å². The van der Waals surface area contributed by atoms with Crippen LogP contribution in [0.3, 0.4) is 0 Å². The highest BCUT2D eigenvalue weighted by atomic mass is 79.9. The fourth-order valence-electron chi connectivity index (χ4n) is 1.72. The Labute approximate surface area is 129 Å². The summed E-state index contributed by atoms with van der Waals surface area (Å²) < 4.78 is 7.78. The molecule has 0 saturated carbocycles. The SMILES string of the molecule is CC(O)c1ccc(Br)cc1OCc1ccc(Br)cc1. The Bertz CT molecular complexity index is 551. The van der Waals surface area contributed by atoms with Crippen molar-refractivity contribution >= 4 is 31.9 Å². The van der Waals surface area contributed by atoms with Crippen molar-refractivity contribution in [3.63, 3.8) is 0 Å². The molecule has 1 unspecified atom stereocenters. The van der Waals surface area contributed by atoms with Crippen LogP contribution in [-0.4, -0.2) is 5.11 Å². The fourth-order valence-corrected chi connectivity index (χ4v) is 2.32. The normalized spacial score (nSPS) is 12.2. The number of ether oxygens (including phenoxy) is 1. The molecular formula is C15H14Br2O2. The topological polar surface area (TPSA) is 29.5 Å². The highest BCUT2D eigenvalue weighted by Gasteiger charge is 2.09. The van der Waals surface area contributed by atoms with E-state index in [-0.39, 0.29) is 0 Å². The predicted molar refractivity (Wildman–Crippen MR) is 83.2 cm³/mol. The smallest absolute Gasteiger partial charge is 0.126 e. The summed E-state index contributed by atoms with van der Waals surface area (Å²) in [6, 6.07) is 13.6. The number of hydrogen-bond donors (Lipinski definition) is 1. The van der Waals surface area contributed by atoms with E-state index in [2.05, 4.69) is 31.9 Å². The molecule has 19 heavy (non-hydrogen) atoms. The van der Waals surface area contributed by atoms with Crippen molar-refractivity contribution in [3.05, 3.63) is 62.5 Å². The molecular weight excluding hydrogens is 372 g/mol. The second-order valence-electron chi connectivity index (χ2n) is 4.27. The minimum Gasteiger partial charge on any atom is -0.488 e. The summed E-state index contributed by atoms with van der Waals surface area (Å²) in [6.45, 7) is 2.21. The minimum absolute atomic E-state index is 0.476. The molecule has 2 rings (SSSR count). The van der Waals surface area contributed by atoms with Crippen molar-refractivity contribution in [2.24, 2.45) is 0 Å². The number of rotatable bonds is 4. The first kappa shape index (κ1) is 14.6. The molecule has 0 saturated heterocycles. The lowest BCUT2D eigenvalue weighted by Gasteiger charge is -2.14. The molecule has 0 radical (unpaired) electrons. The van der Waals surface area contributed by atoms with E-state index in [0.717, 1.165) is 20.1 Å². The second kappa shape index (κ2) is 6.55. The van der Waals surface area contributed by atoms with Crippen LogP contribution in [0, 0.1) is 0 Å². The van der Waals surface area contributed by atoms with Gasteiger partial charge in [0.25, 0.3) is 0 Å². The lowest BCUT2D eigenvalue weighted by Crippen LogP contribution is -2.01. The molecule has 100 valence electrons. The summed E-state index contributed by atoms with van der Waals surface area (Å²) in [5.74, 6) is 0.701. The quantitative estimate of drug-likeness (QED) is 0.815. The van der Waals surface area contributed by atoms with E-state index in [1.54, 1.807) is 6.92 Å². The Morgan fingerprint density at radius 3 is 2.32 bits per heavy atom. The van der Waals surface area contributed by atoms with E-state index in [0.29, 0.717) is 12.4 Å². The first-order valence-electron chi connectivity index (χ1n) is 5.91. The van der Waals surface area contributed by atoms with Crippen LogP contribution in [0.15, 0.2) is 51.4 Å². The monoisotopic (exact) mass is 384 g/mol. The Kier molecular flexibility index (Phi) is 5.02. The molecule has 0 aliphatic rings. The van der Waals surface area contributed by atoms with Crippen LogP contribution in [0.2, 0.25) is 0 Å². The van der Waals surface area contributed by atoms with Crippen LogP contribution in [0.25, 0.3) is 0 Å². The highest BCUT2D eigenvalue weighted by molar-refractivity contribution is 9.10. The first-order chi connectivity index (χ1) is 9.06. The van der Waals surface area contributed by atoms with Crippen LogP contribution in [0.4, 0.5) is 0 Å².